The van der Waals surface area contributed by atoms with E-state index in [0.717, 1.165) is 29.7 Å². The Morgan fingerprint density at radius 3 is 1.50 bits per heavy atom. The summed E-state index contributed by atoms with van der Waals surface area (Å²) in [7, 11) is 0. The van der Waals surface area contributed by atoms with Crippen molar-refractivity contribution in [1.29, 1.82) is 0 Å². The lowest BCUT2D eigenvalue weighted by Gasteiger charge is -2.44. The molecule has 9 fully saturated rings. The van der Waals surface area contributed by atoms with Gasteiger partial charge in [0.05, 0.1) is 31.1 Å². The van der Waals surface area contributed by atoms with Gasteiger partial charge in [-0.25, -0.2) is 60.4 Å². The Hall–Kier alpha value is -14.2. The number of unbranched alkanes of at least 4 members (excludes halogenated alkanes) is 2. The molecule has 2 aromatic carbocycles. The van der Waals surface area contributed by atoms with Gasteiger partial charge in [-0.05, 0) is 105 Å². The Morgan fingerprint density at radius 1 is 0.489 bits per heavy atom. The lowest BCUT2D eigenvalue weighted by Crippen LogP contribution is -2.80. The summed E-state index contributed by atoms with van der Waals surface area (Å²) in [5.74, 6) is -16.4. The van der Waals surface area contributed by atoms with Crippen molar-refractivity contribution < 1.29 is 125 Å². The Kier molecular flexibility index (Phi) is 27.2. The van der Waals surface area contributed by atoms with Gasteiger partial charge in [-0.15, -0.1) is 0 Å². The van der Waals surface area contributed by atoms with Crippen LogP contribution in [0.5, 0.6) is 5.75 Å². The van der Waals surface area contributed by atoms with Gasteiger partial charge in [0, 0.05) is 38.6 Å². The summed E-state index contributed by atoms with van der Waals surface area (Å²) in [6.45, 7) is 12.5. The zero-order chi connectivity index (χ0) is 99.7. The van der Waals surface area contributed by atoms with Gasteiger partial charge in [-0.3, -0.25) is 102 Å². The van der Waals surface area contributed by atoms with Crippen LogP contribution < -0.4 is 72.7 Å². The lowest BCUT2D eigenvalue weighted by molar-refractivity contribution is -0.819. The second-order valence-electron chi connectivity index (χ2n) is 37.7. The van der Waals surface area contributed by atoms with Crippen molar-refractivity contribution >= 4 is 101 Å². The number of rotatable bonds is 30. The molecule has 17 heterocycles. The molecule has 0 saturated carbocycles. The third-order valence-electron chi connectivity index (χ3n) is 29.0. The van der Waals surface area contributed by atoms with Crippen LogP contribution in [-0.4, -0.2) is 308 Å². The highest BCUT2D eigenvalue weighted by Crippen LogP contribution is 2.48. The fourth-order valence-corrected chi connectivity index (χ4v) is 22.1. The number of likely N-dealkylation sites (tertiary alicyclic amines) is 1. The second kappa shape index (κ2) is 38.7. The second-order valence-corrected chi connectivity index (χ2v) is 37.7. The van der Waals surface area contributed by atoms with Crippen LogP contribution in [0.1, 0.15) is 146 Å². The third kappa shape index (κ3) is 16.6. The van der Waals surface area contributed by atoms with Crippen molar-refractivity contribution in [1.82, 2.24) is 101 Å². The van der Waals surface area contributed by atoms with E-state index in [1.165, 1.54) is 34.3 Å². The quantitative estimate of drug-likeness (QED) is 0.0147. The number of aromatic nitrogens is 8. The first-order valence-electron chi connectivity index (χ1n) is 47.0. The summed E-state index contributed by atoms with van der Waals surface area (Å²) < 4.78 is 7.08. The predicted octanol–water partition coefficient (Wildman–Crippen LogP) is -7.03. The number of phenols is 1. The number of nitrogens with one attached hydrogen (secondary N) is 11. The first-order chi connectivity index (χ1) is 66.4. The van der Waals surface area contributed by atoms with Gasteiger partial charge >= 0.3 is 47.5 Å². The van der Waals surface area contributed by atoms with Gasteiger partial charge in [-0.1, -0.05) is 103 Å². The first kappa shape index (κ1) is 97.9. The van der Waals surface area contributed by atoms with Crippen LogP contribution in [0.15, 0.2) is 105 Å². The number of benzene rings is 2. The molecule has 0 radical (unpaired) electrons. The van der Waals surface area contributed by atoms with Crippen LogP contribution in [0.3, 0.4) is 0 Å². The number of aromatic amines is 4. The number of hydrogen-bond donors (Lipinski definition) is 19. The van der Waals surface area contributed by atoms with Crippen LogP contribution in [-0.2, 0) is 144 Å². The van der Waals surface area contributed by atoms with E-state index in [-0.39, 0.29) is 136 Å². The number of fused-ring (bicyclic) bond motifs is 4. The van der Waals surface area contributed by atoms with Gasteiger partial charge < -0.3 is 63.6 Å². The molecule has 49 nitrogen and oxygen atoms in total. The van der Waals surface area contributed by atoms with Crippen molar-refractivity contribution in [2.75, 3.05) is 39.3 Å². The van der Waals surface area contributed by atoms with Crippen molar-refractivity contribution in [3.8, 4) is 5.75 Å². The van der Waals surface area contributed by atoms with Crippen molar-refractivity contribution in [3.05, 3.63) is 139 Å². The molecular weight excluding hydrogens is 1810 g/mol. The molecule has 139 heavy (non-hydrogen) atoms. The van der Waals surface area contributed by atoms with E-state index in [9.17, 15) is 107 Å². The number of amides is 13. The molecule has 4 aromatic heterocycles. The van der Waals surface area contributed by atoms with E-state index in [1.807, 2.05) is 52.2 Å². The molecule has 19 rings (SSSR count). The number of H-pyrrole nitrogens is 4. The number of carbonyl (C=O) groups excluding carboxylic acids is 13. The molecule has 13 aliphatic heterocycles. The first-order valence-corrected chi connectivity index (χ1v) is 47.0. The Labute approximate surface area is 795 Å². The molecule has 49 heteroatoms. The van der Waals surface area contributed by atoms with Crippen LogP contribution in [0, 0.1) is 17.8 Å². The maximum atomic E-state index is 14.7. The standard InChI is InChI=1S/C36H41N7O7.C22H31N7O6.C21H32N8O5.C11H11N5O4/c1-3-21(2)30-34(48)42-29(33(47)40-15-7-10-28(40)31(45)38-27(35(49)50)17-22-8-5-4-6-9-22)18-24-19-37-20-41(24)36(42)39-26(32(46)43(30)36)16-23-11-13-25(44)14-12-23;1-5-11(4)17-20(33)28-14(18(31)25-13(21(34)35)7-15(23)30)6-12-8-24-9-27(12)22(28)26-16(10(2)3)19(32)29(17)22;22-7-3-1-5-14-19(32)27-11-17(30)29-16(9-13-10-24-12-28(13)21(27,29)26-14)18(31)25-15(20(33)34)6-2-4-8-23;17-8-3-13-11-14(8)4-9(18)16(11)7(10(19)20)1-6-2-12-5-15(6)11/h4-6,8-9,11-14,19-21,26-30,39H,3,7,10,15-18H2,1-2H3,(H3,38,44,45,49,50);8-11,13-14,16-17,26H,5-7H2,1-4H3,(H4,23,25,30,31,34,35);10,12,14-16,26H,1-9,11,22-23H2,(H2,25,31,33,34);2,5,7,13H,1,3-4H2,(H,19,20)/p+4. The molecule has 19 atom stereocenters. The fourth-order valence-electron chi connectivity index (χ4n) is 22.1. The minimum atomic E-state index is -1.54. The summed E-state index contributed by atoms with van der Waals surface area (Å²) >= 11 is 0. The molecule has 742 valence electrons. The summed E-state index contributed by atoms with van der Waals surface area (Å²) in [6, 6.07) is 3.20. The number of imidazole rings is 4. The number of hydrogen-bond acceptors (Lipinski definition) is 24. The average Bonchev–Trinajstić information content (AvgIpc) is 1.51. The normalized spacial score (nSPS) is 27.8. The molecule has 13 amide bonds. The highest BCUT2D eigenvalue weighted by molar-refractivity contribution is 6.02. The van der Waals surface area contributed by atoms with Crippen molar-refractivity contribution in [3.63, 3.8) is 0 Å². The third-order valence-corrected chi connectivity index (χ3v) is 29.0. The largest absolute Gasteiger partial charge is 0.508 e. The maximum absolute atomic E-state index is 14.7. The van der Waals surface area contributed by atoms with Crippen LogP contribution in [0.25, 0.3) is 0 Å². The highest BCUT2D eigenvalue weighted by atomic mass is 16.4. The number of nitrogens with zero attached hydrogens (tertiary/aromatic N) is 13. The number of carbonyl (C=O) groups is 17. The smallest absolute Gasteiger partial charge is 0.335 e. The number of primary amides is 1. The van der Waals surface area contributed by atoms with Crippen LogP contribution >= 0.6 is 0 Å². The molecule has 9 saturated heterocycles. The zero-order valence-electron chi connectivity index (χ0n) is 77.5. The number of carboxylic acid groups (broad SMARTS) is 4. The van der Waals surface area contributed by atoms with Crippen molar-refractivity contribution in [2.45, 2.75) is 253 Å². The van der Waals surface area contributed by atoms with Gasteiger partial charge in [0.15, 0.2) is 22.8 Å². The van der Waals surface area contributed by atoms with Gasteiger partial charge in [-0.2, -0.15) is 18.3 Å². The fraction of sp³-hybridized carbons (Fsp3) is 0.544. The molecule has 19 unspecified atom stereocenters. The van der Waals surface area contributed by atoms with Gasteiger partial charge in [0.25, 0.3) is 11.8 Å². The monoisotopic (exact) mass is 1930 g/mol. The van der Waals surface area contributed by atoms with Crippen LogP contribution in [0.4, 0.5) is 0 Å². The topological polar surface area (TPSA) is 661 Å². The molecule has 0 bridgehead atoms. The van der Waals surface area contributed by atoms with E-state index < -0.39 is 168 Å². The van der Waals surface area contributed by atoms with E-state index in [0.29, 0.717) is 75.1 Å². The van der Waals surface area contributed by atoms with Crippen molar-refractivity contribution in [2.24, 2.45) is 35.0 Å². The molecule has 4 spiro atoms. The van der Waals surface area contributed by atoms with Gasteiger partial charge in [0.2, 0.25) is 90.3 Å². The zero-order valence-corrected chi connectivity index (χ0v) is 77.5. The molecular formula is C90H119N27O22+4. The van der Waals surface area contributed by atoms with E-state index >= 15 is 0 Å². The van der Waals surface area contributed by atoms with Gasteiger partial charge in [0.1, 0.15) is 104 Å². The summed E-state index contributed by atoms with van der Waals surface area (Å²) in [5.41, 5.74) is 20.6. The van der Waals surface area contributed by atoms with E-state index in [4.69, 9.17) is 17.2 Å². The Balaban J connectivity index is 0.000000140. The minimum absolute atomic E-state index is 0.0771. The molecule has 6 aromatic rings. The molecule has 13 aliphatic rings. The summed E-state index contributed by atoms with van der Waals surface area (Å²) in [5, 5.41) is 69.0. The molecule has 0 aliphatic carbocycles. The minimum Gasteiger partial charge on any atom is -0.508 e. The average molecular weight is 1930 g/mol. The predicted molar refractivity (Wildman–Crippen MR) is 473 cm³/mol. The highest BCUT2D eigenvalue weighted by Gasteiger charge is 2.77. The lowest BCUT2D eigenvalue weighted by atomic mass is 9.96. The summed E-state index contributed by atoms with van der Waals surface area (Å²) in [4.78, 5) is 246. The number of phenolic OH excluding ortho intramolecular Hbond substituents is 1. The number of aromatic hydroxyl groups is 1. The van der Waals surface area contributed by atoms with E-state index in [2.05, 4.69) is 57.2 Å². The number of carboxylic acids is 4. The summed E-state index contributed by atoms with van der Waals surface area (Å²) in [6.07, 6.45) is 19.5. The maximum Gasteiger partial charge on any atom is 0.335 e. The Morgan fingerprint density at radius 2 is 0.964 bits per heavy atom. The Bertz CT molecular complexity index is 5870. The van der Waals surface area contributed by atoms with Crippen LogP contribution in [0.2, 0.25) is 0 Å². The number of nitrogens with two attached hydrogens (primary N) is 3. The SMILES string of the molecule is CCC(C)C1C(=O)N2C(C(=O)N3CCCC3C(=O)NC(Cc3ccccc3)C(=O)O)Cc3c[nH]c[n+]3C23NC(Cc2ccc(O)cc2)C(=O)N13.CCC(C)C1C(=O)N2C(C(=O)NC(CC(N)=O)C(=O)O)Cc3c[nH]c[n+]3C23NC(C(C)C)C(=O)N13.NCCCCC(NC(=O)C1Cc2c[nH]c[n+]2C23NC(CCCCN)C(=O)N2CC(=O)N13)C(=O)O.O=C(O)C1Cc2c[nH]c[n+]2C23NCC(=O)N2CC(=O)N13. The number of aliphatic carboxylic acids is 4. The molecule has 22 N–H and O–H groups in total. The van der Waals surface area contributed by atoms with E-state index in [1.54, 1.807) is 122 Å².